The summed E-state index contributed by atoms with van der Waals surface area (Å²) in [6.45, 7) is 7.47. The van der Waals surface area contributed by atoms with Crippen LogP contribution >= 0.6 is 15.9 Å². The third-order valence-electron chi connectivity index (χ3n) is 2.86. The van der Waals surface area contributed by atoms with Gasteiger partial charge in [0, 0.05) is 22.6 Å². The van der Waals surface area contributed by atoms with E-state index in [1.54, 1.807) is 7.11 Å². The molecule has 0 radical (unpaired) electrons. The Hall–Kier alpha value is -0.540. The highest BCUT2D eigenvalue weighted by atomic mass is 79.9. The minimum atomic E-state index is 0.503. The van der Waals surface area contributed by atoms with E-state index in [1.807, 2.05) is 12.1 Å². The minimum absolute atomic E-state index is 0.503. The van der Waals surface area contributed by atoms with Gasteiger partial charge in [-0.1, -0.05) is 29.8 Å². The molecule has 2 nitrogen and oxygen atoms in total. The van der Waals surface area contributed by atoms with E-state index in [9.17, 15) is 0 Å². The molecule has 0 saturated carbocycles. The Labute approximate surface area is 107 Å². The molecule has 0 amide bonds. The largest absolute Gasteiger partial charge is 0.496 e. The molecule has 1 unspecified atom stereocenters. The summed E-state index contributed by atoms with van der Waals surface area (Å²) < 4.78 is 6.42. The average Bonchev–Trinajstić information content (AvgIpc) is 2.25. The number of benzene rings is 1. The molecule has 90 valence electrons. The van der Waals surface area contributed by atoms with Gasteiger partial charge < -0.3 is 10.1 Å². The van der Waals surface area contributed by atoms with Gasteiger partial charge >= 0.3 is 0 Å². The van der Waals surface area contributed by atoms with E-state index in [1.165, 1.54) is 5.56 Å². The Bertz CT molecular complexity index is 339. The smallest absolute Gasteiger partial charge is 0.123 e. The molecule has 1 N–H and O–H groups in total. The van der Waals surface area contributed by atoms with E-state index in [0.717, 1.165) is 16.8 Å². The maximum absolute atomic E-state index is 5.33. The average molecular weight is 286 g/mol. The summed E-state index contributed by atoms with van der Waals surface area (Å²) in [5, 5.41) is 3.50. The lowest BCUT2D eigenvalue weighted by Gasteiger charge is -2.18. The van der Waals surface area contributed by atoms with Crippen LogP contribution in [0.5, 0.6) is 5.75 Å². The Morgan fingerprint density at radius 2 is 2.00 bits per heavy atom. The predicted molar refractivity (Wildman–Crippen MR) is 71.8 cm³/mol. The van der Waals surface area contributed by atoms with Gasteiger partial charge in [0.25, 0.3) is 0 Å². The van der Waals surface area contributed by atoms with Gasteiger partial charge in [0.05, 0.1) is 7.11 Å². The summed E-state index contributed by atoms with van der Waals surface area (Å²) in [6, 6.07) is 6.58. The molecule has 0 aliphatic heterocycles. The summed E-state index contributed by atoms with van der Waals surface area (Å²) >= 11 is 3.48. The van der Waals surface area contributed by atoms with E-state index in [4.69, 9.17) is 4.74 Å². The first kappa shape index (κ1) is 13.5. The van der Waals surface area contributed by atoms with E-state index in [-0.39, 0.29) is 0 Å². The fourth-order valence-corrected chi connectivity index (χ4v) is 1.80. The number of ether oxygens (including phenoxy) is 1. The van der Waals surface area contributed by atoms with Crippen LogP contribution in [-0.4, -0.2) is 13.2 Å². The molecule has 1 aromatic rings. The van der Waals surface area contributed by atoms with Crippen LogP contribution in [0.2, 0.25) is 0 Å². The van der Waals surface area contributed by atoms with Crippen molar-refractivity contribution >= 4 is 15.9 Å². The molecule has 0 aromatic heterocycles. The van der Waals surface area contributed by atoms with Crippen LogP contribution in [0.4, 0.5) is 0 Å². The molecule has 3 heteroatoms. The van der Waals surface area contributed by atoms with Gasteiger partial charge in [-0.15, -0.1) is 0 Å². The first-order valence-corrected chi connectivity index (χ1v) is 6.39. The van der Waals surface area contributed by atoms with Crippen molar-refractivity contribution in [1.29, 1.82) is 0 Å². The SMILES string of the molecule is COc1ccc(Br)cc1CNC(C)C(C)C. The molecule has 16 heavy (non-hydrogen) atoms. The molecule has 0 spiro atoms. The Kier molecular flexibility index (Phi) is 5.29. The zero-order valence-corrected chi connectivity index (χ0v) is 12.0. The fourth-order valence-electron chi connectivity index (χ4n) is 1.39. The second-order valence-corrected chi connectivity index (χ2v) is 5.29. The van der Waals surface area contributed by atoms with Crippen molar-refractivity contribution in [3.8, 4) is 5.75 Å². The van der Waals surface area contributed by atoms with Crippen LogP contribution in [0.3, 0.4) is 0 Å². The fraction of sp³-hybridized carbons (Fsp3) is 0.538. The number of hydrogen-bond donors (Lipinski definition) is 1. The number of methoxy groups -OCH3 is 1. The van der Waals surface area contributed by atoms with E-state index in [2.05, 4.69) is 48.1 Å². The molecule has 0 saturated heterocycles. The first-order chi connectivity index (χ1) is 7.54. The lowest BCUT2D eigenvalue weighted by Crippen LogP contribution is -2.30. The number of hydrogen-bond acceptors (Lipinski definition) is 2. The molecule has 0 fully saturated rings. The molecule has 1 aromatic carbocycles. The van der Waals surface area contributed by atoms with Crippen molar-refractivity contribution in [2.45, 2.75) is 33.4 Å². The number of halogens is 1. The van der Waals surface area contributed by atoms with Crippen LogP contribution < -0.4 is 10.1 Å². The second-order valence-electron chi connectivity index (χ2n) is 4.37. The third kappa shape index (κ3) is 3.80. The normalized spacial score (nSPS) is 12.9. The standard InChI is InChI=1S/C13H20BrNO/c1-9(2)10(3)15-8-11-7-12(14)5-6-13(11)16-4/h5-7,9-10,15H,8H2,1-4H3. The van der Waals surface area contributed by atoms with Gasteiger partial charge in [-0.05, 0) is 31.0 Å². The number of nitrogens with one attached hydrogen (secondary N) is 1. The molecule has 1 rings (SSSR count). The zero-order chi connectivity index (χ0) is 12.1. The highest BCUT2D eigenvalue weighted by Gasteiger charge is 2.08. The van der Waals surface area contributed by atoms with Crippen LogP contribution in [0, 0.1) is 5.92 Å². The first-order valence-electron chi connectivity index (χ1n) is 5.60. The van der Waals surface area contributed by atoms with E-state index >= 15 is 0 Å². The third-order valence-corrected chi connectivity index (χ3v) is 3.35. The van der Waals surface area contributed by atoms with Crippen LogP contribution in [0.25, 0.3) is 0 Å². The van der Waals surface area contributed by atoms with Gasteiger partial charge in [-0.2, -0.15) is 0 Å². The quantitative estimate of drug-likeness (QED) is 0.893. The van der Waals surface area contributed by atoms with Crippen molar-refractivity contribution in [3.63, 3.8) is 0 Å². The zero-order valence-electron chi connectivity index (χ0n) is 10.4. The predicted octanol–water partition coefficient (Wildman–Crippen LogP) is 3.59. The molecule has 0 aliphatic rings. The van der Waals surface area contributed by atoms with Crippen molar-refractivity contribution in [1.82, 2.24) is 5.32 Å². The van der Waals surface area contributed by atoms with Gasteiger partial charge in [0.1, 0.15) is 5.75 Å². The molecule has 1 atom stereocenters. The molecular formula is C13H20BrNO. The summed E-state index contributed by atoms with van der Waals surface area (Å²) in [4.78, 5) is 0. The Morgan fingerprint density at radius 1 is 1.31 bits per heavy atom. The Morgan fingerprint density at radius 3 is 2.56 bits per heavy atom. The van der Waals surface area contributed by atoms with Crippen molar-refractivity contribution in [2.75, 3.05) is 7.11 Å². The summed E-state index contributed by atoms with van der Waals surface area (Å²) in [5.41, 5.74) is 1.18. The molecular weight excluding hydrogens is 266 g/mol. The second kappa shape index (κ2) is 6.26. The highest BCUT2D eigenvalue weighted by molar-refractivity contribution is 9.10. The van der Waals surface area contributed by atoms with E-state index in [0.29, 0.717) is 12.0 Å². The van der Waals surface area contributed by atoms with Gasteiger partial charge in [-0.25, -0.2) is 0 Å². The summed E-state index contributed by atoms with van der Waals surface area (Å²) in [6.07, 6.45) is 0. The maximum atomic E-state index is 5.33. The van der Waals surface area contributed by atoms with Gasteiger partial charge in [-0.3, -0.25) is 0 Å². The van der Waals surface area contributed by atoms with Crippen molar-refractivity contribution in [2.24, 2.45) is 5.92 Å². The summed E-state index contributed by atoms with van der Waals surface area (Å²) in [7, 11) is 1.71. The van der Waals surface area contributed by atoms with Gasteiger partial charge in [0.15, 0.2) is 0 Å². The van der Waals surface area contributed by atoms with Crippen LogP contribution in [-0.2, 0) is 6.54 Å². The highest BCUT2D eigenvalue weighted by Crippen LogP contribution is 2.23. The Balaban J connectivity index is 2.68. The van der Waals surface area contributed by atoms with Crippen LogP contribution in [0.1, 0.15) is 26.3 Å². The lowest BCUT2D eigenvalue weighted by molar-refractivity contribution is 0.395. The van der Waals surface area contributed by atoms with Crippen LogP contribution in [0.15, 0.2) is 22.7 Å². The monoisotopic (exact) mass is 285 g/mol. The molecule has 0 heterocycles. The molecule has 0 bridgehead atoms. The van der Waals surface area contributed by atoms with E-state index < -0.39 is 0 Å². The lowest BCUT2D eigenvalue weighted by atomic mass is 10.1. The van der Waals surface area contributed by atoms with Crippen molar-refractivity contribution in [3.05, 3.63) is 28.2 Å². The summed E-state index contributed by atoms with van der Waals surface area (Å²) in [5.74, 6) is 1.57. The van der Waals surface area contributed by atoms with Gasteiger partial charge in [0.2, 0.25) is 0 Å². The topological polar surface area (TPSA) is 21.3 Å². The number of rotatable bonds is 5. The molecule has 0 aliphatic carbocycles. The minimum Gasteiger partial charge on any atom is -0.496 e. The van der Waals surface area contributed by atoms with Crippen molar-refractivity contribution < 1.29 is 4.74 Å². The maximum Gasteiger partial charge on any atom is 0.123 e.